The van der Waals surface area contributed by atoms with Crippen molar-refractivity contribution in [3.8, 4) is 0 Å². The third-order valence-corrected chi connectivity index (χ3v) is 5.33. The first-order valence-electron chi connectivity index (χ1n) is 8.34. The lowest BCUT2D eigenvalue weighted by atomic mass is 10.1. The largest absolute Gasteiger partial charge is 0.391 e. The van der Waals surface area contributed by atoms with Gasteiger partial charge in [0.25, 0.3) is 0 Å². The Morgan fingerprint density at radius 3 is 2.77 bits per heavy atom. The Labute approximate surface area is 168 Å². The van der Waals surface area contributed by atoms with Crippen LogP contribution in [0.5, 0.6) is 0 Å². The average molecular weight is 410 g/mol. The van der Waals surface area contributed by atoms with Crippen LogP contribution in [-0.4, -0.2) is 43.8 Å². The summed E-state index contributed by atoms with van der Waals surface area (Å²) in [6.45, 7) is 2.94. The molecule has 2 N–H and O–H groups in total. The molecule has 0 radical (unpaired) electrons. The van der Waals surface area contributed by atoms with E-state index in [0.29, 0.717) is 46.7 Å². The first kappa shape index (κ1) is 19.2. The minimum absolute atomic E-state index is 0.121. The van der Waals surface area contributed by atoms with Crippen molar-refractivity contribution in [2.75, 3.05) is 6.54 Å². The normalized spacial score (nSPS) is 19.6. The summed E-state index contributed by atoms with van der Waals surface area (Å²) in [6, 6.07) is 9.35. The molecule has 1 fully saturated rings. The van der Waals surface area contributed by atoms with E-state index in [-0.39, 0.29) is 6.04 Å². The molecular formula is C18H20ClN3O2S2. The van der Waals surface area contributed by atoms with E-state index in [2.05, 4.69) is 10.5 Å². The quantitative estimate of drug-likeness (QED) is 0.736. The molecule has 1 aliphatic heterocycles. The molecule has 2 atom stereocenters. The van der Waals surface area contributed by atoms with Crippen molar-refractivity contribution < 1.29 is 9.63 Å². The van der Waals surface area contributed by atoms with E-state index in [1.807, 2.05) is 42.2 Å². The van der Waals surface area contributed by atoms with Gasteiger partial charge >= 0.3 is 0 Å². The Balaban J connectivity index is 1.61. The summed E-state index contributed by atoms with van der Waals surface area (Å²) in [4.78, 5) is 3.35. The Morgan fingerprint density at radius 2 is 2.12 bits per heavy atom. The summed E-state index contributed by atoms with van der Waals surface area (Å²) in [6.07, 6.45) is 0.575. The molecule has 0 bridgehead atoms. The fourth-order valence-electron chi connectivity index (χ4n) is 3.00. The number of rotatable bonds is 5. The molecule has 3 rings (SSSR count). The highest BCUT2D eigenvalue weighted by molar-refractivity contribution is 7.80. The van der Waals surface area contributed by atoms with Gasteiger partial charge in [-0.05, 0) is 24.6 Å². The first-order chi connectivity index (χ1) is 12.4. The number of nitrogens with zero attached hydrogens (tertiary/aromatic N) is 2. The van der Waals surface area contributed by atoms with Gasteiger partial charge in [-0.25, -0.2) is 0 Å². The van der Waals surface area contributed by atoms with Gasteiger partial charge in [-0.1, -0.05) is 53.3 Å². The molecule has 0 amide bonds. The smallest absolute Gasteiger partial charge is 0.143 e. The van der Waals surface area contributed by atoms with Crippen molar-refractivity contribution in [1.29, 1.82) is 0 Å². The van der Waals surface area contributed by atoms with Crippen LogP contribution < -0.4 is 5.32 Å². The molecule has 2 aromatic rings. The molecule has 0 spiro atoms. The zero-order valence-electron chi connectivity index (χ0n) is 14.3. The second kappa shape index (κ2) is 8.43. The van der Waals surface area contributed by atoms with Crippen molar-refractivity contribution in [1.82, 2.24) is 15.4 Å². The van der Waals surface area contributed by atoms with Gasteiger partial charge in [0.2, 0.25) is 0 Å². The van der Waals surface area contributed by atoms with Crippen molar-refractivity contribution in [3.63, 3.8) is 0 Å². The van der Waals surface area contributed by atoms with E-state index in [1.54, 1.807) is 0 Å². The van der Waals surface area contributed by atoms with Gasteiger partial charge in [0, 0.05) is 30.6 Å². The van der Waals surface area contributed by atoms with E-state index >= 15 is 0 Å². The Bertz CT molecular complexity index is 794. The zero-order chi connectivity index (χ0) is 18.7. The molecule has 5 nitrogen and oxygen atoms in total. The molecule has 0 unspecified atom stereocenters. The summed E-state index contributed by atoms with van der Waals surface area (Å²) in [5.41, 5.74) is 1.91. The van der Waals surface area contributed by atoms with Gasteiger partial charge in [-0.3, -0.25) is 0 Å². The number of likely N-dealkylation sites (tertiary alicyclic amines) is 1. The highest BCUT2D eigenvalue weighted by Crippen LogP contribution is 2.21. The minimum Gasteiger partial charge on any atom is -0.391 e. The highest BCUT2D eigenvalue weighted by atomic mass is 35.5. The maximum Gasteiger partial charge on any atom is 0.143 e. The summed E-state index contributed by atoms with van der Waals surface area (Å²) in [5, 5.41) is 18.0. The predicted molar refractivity (Wildman–Crippen MR) is 110 cm³/mol. The van der Waals surface area contributed by atoms with Crippen LogP contribution in [0.4, 0.5) is 0 Å². The topological polar surface area (TPSA) is 61.5 Å². The molecule has 26 heavy (non-hydrogen) atoms. The number of hydrogen-bond donors (Lipinski definition) is 2. The van der Waals surface area contributed by atoms with Crippen molar-refractivity contribution in [2.24, 2.45) is 0 Å². The van der Waals surface area contributed by atoms with Gasteiger partial charge in [-0.15, -0.1) is 0 Å². The van der Waals surface area contributed by atoms with Crippen LogP contribution in [0.25, 0.3) is 0 Å². The van der Waals surface area contributed by atoms with Crippen molar-refractivity contribution >= 4 is 46.0 Å². The van der Waals surface area contributed by atoms with Crippen molar-refractivity contribution in [2.45, 2.75) is 38.5 Å². The van der Waals surface area contributed by atoms with Crippen molar-refractivity contribution in [3.05, 3.63) is 52.4 Å². The molecule has 1 aliphatic rings. The number of aromatic nitrogens is 1. The number of halogens is 1. The van der Waals surface area contributed by atoms with Gasteiger partial charge in [0.1, 0.15) is 5.76 Å². The highest BCUT2D eigenvalue weighted by Gasteiger charge is 2.35. The molecule has 138 valence electrons. The third kappa shape index (κ3) is 4.79. The number of aliphatic hydroxyl groups is 1. The van der Waals surface area contributed by atoms with Crippen LogP contribution >= 0.6 is 36.0 Å². The number of hydrogen-bond acceptors (Lipinski definition) is 5. The van der Waals surface area contributed by atoms with E-state index < -0.39 is 6.10 Å². The first-order valence-corrected chi connectivity index (χ1v) is 9.53. The molecular weight excluding hydrogens is 390 g/mol. The van der Waals surface area contributed by atoms with Gasteiger partial charge in [0.15, 0.2) is 0 Å². The lowest BCUT2D eigenvalue weighted by Crippen LogP contribution is -2.44. The zero-order valence-corrected chi connectivity index (χ0v) is 16.7. The number of β-amino-alcohol motifs (C(OH)–C–C–N with tert-alkyl or cyclic N) is 1. The molecule has 0 aliphatic carbocycles. The van der Waals surface area contributed by atoms with Crippen LogP contribution in [0.15, 0.2) is 34.9 Å². The molecule has 1 saturated heterocycles. The Morgan fingerprint density at radius 1 is 1.38 bits per heavy atom. The maximum atomic E-state index is 10.1. The second-order valence-electron chi connectivity index (χ2n) is 6.41. The molecule has 2 heterocycles. The van der Waals surface area contributed by atoms with Gasteiger partial charge in [-0.2, -0.15) is 0 Å². The predicted octanol–water partition coefficient (Wildman–Crippen LogP) is 3.06. The maximum absolute atomic E-state index is 10.1. The number of benzene rings is 1. The number of aryl methyl sites for hydroxylation is 1. The van der Waals surface area contributed by atoms with Crippen LogP contribution in [-0.2, 0) is 13.0 Å². The lowest BCUT2D eigenvalue weighted by Gasteiger charge is -2.27. The van der Waals surface area contributed by atoms with E-state index in [9.17, 15) is 5.11 Å². The van der Waals surface area contributed by atoms with E-state index in [0.717, 1.165) is 11.3 Å². The average Bonchev–Trinajstić information content (AvgIpc) is 3.19. The molecule has 1 aromatic carbocycles. The SMILES string of the molecule is Cc1cc(CC(=S)N2C[C@H](O)C[C@H]2C(=S)NCc2ccc(Cl)cc2)on1. The fraction of sp³-hybridized carbons (Fsp3) is 0.389. The molecule has 0 saturated carbocycles. The number of thiocarbonyl (C=S) groups is 2. The lowest BCUT2D eigenvalue weighted by molar-refractivity contribution is 0.188. The summed E-state index contributed by atoms with van der Waals surface area (Å²) >= 11 is 17.1. The standard InChI is InChI=1S/C18H20ClN3O2S2/c1-11-6-15(24-21-11)8-17(25)22-10-14(23)7-16(22)18(26)20-9-12-2-4-13(19)5-3-12/h2-6,14,16,23H,7-10H2,1H3,(H,20,26)/t14-,16+/m1/s1. The fourth-order valence-corrected chi connectivity index (χ4v) is 3.76. The third-order valence-electron chi connectivity index (χ3n) is 4.28. The summed E-state index contributed by atoms with van der Waals surface area (Å²) < 4.78 is 5.25. The Kier molecular flexibility index (Phi) is 6.24. The van der Waals surface area contributed by atoms with Crippen LogP contribution in [0.3, 0.4) is 0 Å². The monoisotopic (exact) mass is 409 g/mol. The van der Waals surface area contributed by atoms with E-state index in [1.165, 1.54) is 0 Å². The second-order valence-corrected chi connectivity index (χ2v) is 7.75. The van der Waals surface area contributed by atoms with Crippen LogP contribution in [0.2, 0.25) is 5.02 Å². The number of nitrogens with one attached hydrogen (secondary N) is 1. The van der Waals surface area contributed by atoms with E-state index in [4.69, 9.17) is 40.6 Å². The summed E-state index contributed by atoms with van der Waals surface area (Å²) in [7, 11) is 0. The van der Waals surface area contributed by atoms with Crippen LogP contribution in [0, 0.1) is 6.92 Å². The minimum atomic E-state index is -0.454. The van der Waals surface area contributed by atoms with Gasteiger partial charge < -0.3 is 19.8 Å². The molecule has 1 aromatic heterocycles. The molecule has 8 heteroatoms. The number of aliphatic hydroxyl groups excluding tert-OH is 1. The summed E-state index contributed by atoms with van der Waals surface area (Å²) in [5.74, 6) is 0.715. The van der Waals surface area contributed by atoms with Crippen LogP contribution in [0.1, 0.15) is 23.4 Å². The van der Waals surface area contributed by atoms with Gasteiger partial charge in [0.05, 0.1) is 34.2 Å². The Hall–Kier alpha value is -1.54.